The Morgan fingerprint density at radius 3 is 2.55 bits per heavy atom. The molecule has 1 saturated carbocycles. The van der Waals surface area contributed by atoms with Gasteiger partial charge in [-0.25, -0.2) is 4.79 Å². The number of carbonyl (C=O) groups is 1. The predicted molar refractivity (Wildman–Crippen MR) is 86.2 cm³/mol. The molecular weight excluding hydrogens is 280 g/mol. The van der Waals surface area contributed by atoms with Crippen molar-refractivity contribution in [3.05, 3.63) is 29.3 Å². The third kappa shape index (κ3) is 4.63. The van der Waals surface area contributed by atoms with Crippen molar-refractivity contribution < 1.29 is 14.6 Å². The zero-order chi connectivity index (χ0) is 16.0. The summed E-state index contributed by atoms with van der Waals surface area (Å²) in [6.07, 6.45) is 3.33. The Balaban J connectivity index is 1.58. The lowest BCUT2D eigenvalue weighted by Crippen LogP contribution is -2.50. The van der Waals surface area contributed by atoms with Crippen molar-refractivity contribution in [1.29, 1.82) is 0 Å². The highest BCUT2D eigenvalue weighted by Gasteiger charge is 2.34. The SMILES string of the molecule is Cc1cccc(C)c1OCCCNC(=O)NCC1(O)CCC1. The molecule has 5 heteroatoms. The number of urea groups is 1. The largest absolute Gasteiger partial charge is 0.493 e. The average Bonchev–Trinajstić information content (AvgIpc) is 2.45. The first kappa shape index (κ1) is 16.6. The molecule has 5 nitrogen and oxygen atoms in total. The Morgan fingerprint density at radius 2 is 1.95 bits per heavy atom. The number of benzene rings is 1. The molecule has 1 aliphatic carbocycles. The molecule has 0 atom stereocenters. The predicted octanol–water partition coefficient (Wildman–Crippen LogP) is 2.29. The van der Waals surface area contributed by atoms with Gasteiger partial charge in [-0.15, -0.1) is 0 Å². The first-order valence-electron chi connectivity index (χ1n) is 7.93. The van der Waals surface area contributed by atoms with E-state index in [9.17, 15) is 9.90 Å². The van der Waals surface area contributed by atoms with Crippen LogP contribution in [-0.4, -0.2) is 36.4 Å². The topological polar surface area (TPSA) is 70.6 Å². The zero-order valence-electron chi connectivity index (χ0n) is 13.4. The van der Waals surface area contributed by atoms with Crippen LogP contribution in [0.3, 0.4) is 0 Å². The molecule has 0 saturated heterocycles. The molecule has 1 fully saturated rings. The first-order valence-corrected chi connectivity index (χ1v) is 7.93. The lowest BCUT2D eigenvalue weighted by Gasteiger charge is -2.36. The third-order valence-electron chi connectivity index (χ3n) is 4.12. The van der Waals surface area contributed by atoms with Gasteiger partial charge in [0.05, 0.1) is 12.2 Å². The minimum Gasteiger partial charge on any atom is -0.493 e. The fourth-order valence-corrected chi connectivity index (χ4v) is 2.54. The van der Waals surface area contributed by atoms with Crippen LogP contribution in [0.25, 0.3) is 0 Å². The number of rotatable bonds is 7. The summed E-state index contributed by atoms with van der Waals surface area (Å²) in [5.74, 6) is 0.930. The van der Waals surface area contributed by atoms with Crippen LogP contribution in [0.1, 0.15) is 36.8 Å². The van der Waals surface area contributed by atoms with Gasteiger partial charge in [0.2, 0.25) is 0 Å². The highest BCUT2D eigenvalue weighted by Crippen LogP contribution is 2.30. The summed E-state index contributed by atoms with van der Waals surface area (Å²) < 4.78 is 5.78. The van der Waals surface area contributed by atoms with E-state index >= 15 is 0 Å². The van der Waals surface area contributed by atoms with E-state index in [1.165, 1.54) is 0 Å². The second-order valence-corrected chi connectivity index (χ2v) is 6.11. The number of para-hydroxylation sites is 1. The highest BCUT2D eigenvalue weighted by atomic mass is 16.5. The quantitative estimate of drug-likeness (QED) is 0.677. The number of aryl methyl sites for hydroxylation is 2. The fraction of sp³-hybridized carbons (Fsp3) is 0.588. The van der Waals surface area contributed by atoms with Gasteiger partial charge >= 0.3 is 6.03 Å². The Hall–Kier alpha value is -1.75. The molecule has 1 aromatic carbocycles. The summed E-state index contributed by atoms with van der Waals surface area (Å²) >= 11 is 0. The van der Waals surface area contributed by atoms with Crippen molar-refractivity contribution in [1.82, 2.24) is 10.6 Å². The van der Waals surface area contributed by atoms with Crippen molar-refractivity contribution >= 4 is 6.03 Å². The van der Waals surface area contributed by atoms with E-state index in [4.69, 9.17) is 4.74 Å². The minimum absolute atomic E-state index is 0.229. The highest BCUT2D eigenvalue weighted by molar-refractivity contribution is 5.73. The van der Waals surface area contributed by atoms with Crippen molar-refractivity contribution in [2.24, 2.45) is 0 Å². The third-order valence-corrected chi connectivity index (χ3v) is 4.12. The molecule has 3 N–H and O–H groups in total. The van der Waals surface area contributed by atoms with Gasteiger partial charge in [0.15, 0.2) is 0 Å². The monoisotopic (exact) mass is 306 g/mol. The molecule has 0 bridgehead atoms. The summed E-state index contributed by atoms with van der Waals surface area (Å²) in [5.41, 5.74) is 1.57. The van der Waals surface area contributed by atoms with Crippen molar-refractivity contribution in [3.63, 3.8) is 0 Å². The van der Waals surface area contributed by atoms with Crippen molar-refractivity contribution in [2.45, 2.75) is 45.1 Å². The summed E-state index contributed by atoms with van der Waals surface area (Å²) in [5, 5.41) is 15.4. The van der Waals surface area contributed by atoms with Gasteiger partial charge in [-0.3, -0.25) is 0 Å². The summed E-state index contributed by atoms with van der Waals surface area (Å²) in [6.45, 7) is 5.50. The van der Waals surface area contributed by atoms with E-state index in [1.54, 1.807) is 0 Å². The lowest BCUT2D eigenvalue weighted by molar-refractivity contribution is -0.0290. The van der Waals surface area contributed by atoms with E-state index in [1.807, 2.05) is 32.0 Å². The normalized spacial score (nSPS) is 15.8. The van der Waals surface area contributed by atoms with Gasteiger partial charge in [-0.05, 0) is 50.7 Å². The lowest BCUT2D eigenvalue weighted by atomic mass is 9.80. The van der Waals surface area contributed by atoms with Crippen LogP contribution < -0.4 is 15.4 Å². The number of amides is 2. The molecule has 1 aromatic rings. The second kappa shape index (κ2) is 7.49. The standard InChI is InChI=1S/C17H26N2O3/c1-13-6-3-7-14(2)15(13)22-11-5-10-18-16(20)19-12-17(21)8-4-9-17/h3,6-7,21H,4-5,8-12H2,1-2H3,(H2,18,19,20). The molecule has 0 aliphatic heterocycles. The van der Waals surface area contributed by atoms with Gasteiger partial charge in [-0.1, -0.05) is 18.2 Å². The number of hydrogen-bond acceptors (Lipinski definition) is 3. The van der Waals surface area contributed by atoms with Gasteiger partial charge in [-0.2, -0.15) is 0 Å². The Bertz CT molecular complexity index is 492. The summed E-state index contributed by atoms with van der Waals surface area (Å²) in [6, 6.07) is 5.84. The smallest absolute Gasteiger partial charge is 0.314 e. The number of carbonyl (C=O) groups excluding carboxylic acids is 1. The van der Waals surface area contributed by atoms with Crippen LogP contribution in [0, 0.1) is 13.8 Å². The average molecular weight is 306 g/mol. The maximum absolute atomic E-state index is 11.6. The van der Waals surface area contributed by atoms with E-state index in [0.29, 0.717) is 19.7 Å². The molecule has 0 heterocycles. The van der Waals surface area contributed by atoms with Gasteiger partial charge in [0.1, 0.15) is 5.75 Å². The van der Waals surface area contributed by atoms with Crippen LogP contribution in [0.15, 0.2) is 18.2 Å². The van der Waals surface area contributed by atoms with Crippen LogP contribution in [0.5, 0.6) is 5.75 Å². The number of nitrogens with one attached hydrogen (secondary N) is 2. The second-order valence-electron chi connectivity index (χ2n) is 6.11. The Labute approximate surface area is 132 Å². The molecule has 0 aromatic heterocycles. The maximum atomic E-state index is 11.6. The van der Waals surface area contributed by atoms with E-state index in [0.717, 1.165) is 42.6 Å². The Kier molecular flexibility index (Phi) is 5.66. The van der Waals surface area contributed by atoms with Gasteiger partial charge in [0, 0.05) is 13.1 Å². The number of ether oxygens (including phenoxy) is 1. The molecular formula is C17H26N2O3. The molecule has 2 amide bonds. The maximum Gasteiger partial charge on any atom is 0.314 e. The molecule has 2 rings (SSSR count). The van der Waals surface area contributed by atoms with E-state index < -0.39 is 5.60 Å². The van der Waals surface area contributed by atoms with Crippen LogP contribution >= 0.6 is 0 Å². The number of hydrogen-bond donors (Lipinski definition) is 3. The molecule has 0 radical (unpaired) electrons. The minimum atomic E-state index is -0.678. The molecule has 0 spiro atoms. The number of aliphatic hydroxyl groups is 1. The molecule has 122 valence electrons. The Morgan fingerprint density at radius 1 is 1.27 bits per heavy atom. The molecule has 0 unspecified atom stereocenters. The van der Waals surface area contributed by atoms with Gasteiger partial charge < -0.3 is 20.5 Å². The summed E-state index contributed by atoms with van der Waals surface area (Å²) in [4.78, 5) is 11.6. The van der Waals surface area contributed by atoms with E-state index in [2.05, 4.69) is 10.6 Å². The molecule has 1 aliphatic rings. The van der Waals surface area contributed by atoms with Crippen molar-refractivity contribution in [2.75, 3.05) is 19.7 Å². The van der Waals surface area contributed by atoms with E-state index in [-0.39, 0.29) is 6.03 Å². The molecule has 22 heavy (non-hydrogen) atoms. The van der Waals surface area contributed by atoms with Crippen LogP contribution in [-0.2, 0) is 0 Å². The van der Waals surface area contributed by atoms with Crippen LogP contribution in [0.2, 0.25) is 0 Å². The summed E-state index contributed by atoms with van der Waals surface area (Å²) in [7, 11) is 0. The first-order chi connectivity index (χ1) is 10.5. The zero-order valence-corrected chi connectivity index (χ0v) is 13.4. The van der Waals surface area contributed by atoms with Crippen LogP contribution in [0.4, 0.5) is 4.79 Å². The fourth-order valence-electron chi connectivity index (χ4n) is 2.54. The van der Waals surface area contributed by atoms with Gasteiger partial charge in [0.25, 0.3) is 0 Å². The van der Waals surface area contributed by atoms with Crippen molar-refractivity contribution in [3.8, 4) is 5.75 Å².